The number of nitrogens with zero attached hydrogens (tertiary/aromatic N) is 2. The van der Waals surface area contributed by atoms with Crippen LogP contribution in [0.4, 0.5) is 13.2 Å². The zero-order valence-corrected chi connectivity index (χ0v) is 18.6. The molecule has 174 valence electrons. The highest BCUT2D eigenvalue weighted by Crippen LogP contribution is 2.35. The van der Waals surface area contributed by atoms with Gasteiger partial charge in [0, 0.05) is 17.3 Å². The summed E-state index contributed by atoms with van der Waals surface area (Å²) in [6.45, 7) is 1.96. The summed E-state index contributed by atoms with van der Waals surface area (Å²) in [4.78, 5) is 31.3. The number of amides is 2. The predicted octanol–water partition coefficient (Wildman–Crippen LogP) is 6.54. The van der Waals surface area contributed by atoms with Gasteiger partial charge in [0.2, 0.25) is 0 Å². The third-order valence-electron chi connectivity index (χ3n) is 6.01. The van der Waals surface area contributed by atoms with Gasteiger partial charge in [0.25, 0.3) is 11.8 Å². The van der Waals surface area contributed by atoms with Crippen LogP contribution >= 0.6 is 0 Å². The number of carbonyl (C=O) groups is 2. The van der Waals surface area contributed by atoms with E-state index in [9.17, 15) is 22.8 Å². The van der Waals surface area contributed by atoms with Gasteiger partial charge in [0.1, 0.15) is 0 Å². The molecule has 0 radical (unpaired) electrons. The summed E-state index contributed by atoms with van der Waals surface area (Å²) in [6, 6.07) is 20.9. The lowest BCUT2D eigenvalue weighted by Crippen LogP contribution is -2.29. The zero-order valence-electron chi connectivity index (χ0n) is 18.6. The molecule has 5 rings (SSSR count). The van der Waals surface area contributed by atoms with Crippen molar-refractivity contribution >= 4 is 11.8 Å². The Morgan fingerprint density at radius 2 is 1.34 bits per heavy atom. The smallest absolute Gasteiger partial charge is 0.270 e. The molecular weight excluding hydrogens is 453 g/mol. The lowest BCUT2D eigenvalue weighted by Gasteiger charge is -2.17. The van der Waals surface area contributed by atoms with Crippen LogP contribution in [-0.2, 0) is 12.7 Å². The van der Waals surface area contributed by atoms with Gasteiger partial charge < -0.3 is 0 Å². The van der Waals surface area contributed by atoms with Crippen molar-refractivity contribution in [2.24, 2.45) is 0 Å². The number of benzene rings is 3. The summed E-state index contributed by atoms with van der Waals surface area (Å²) in [5, 5.41) is 0. The molecule has 1 aliphatic heterocycles. The van der Waals surface area contributed by atoms with E-state index in [0.717, 1.165) is 28.2 Å². The number of rotatable bonds is 4. The van der Waals surface area contributed by atoms with Gasteiger partial charge in [-0.25, -0.2) is 0 Å². The van der Waals surface area contributed by atoms with Crippen molar-refractivity contribution in [3.8, 4) is 22.4 Å². The summed E-state index contributed by atoms with van der Waals surface area (Å²) < 4.78 is 39.3. The molecule has 0 spiro atoms. The Morgan fingerprint density at radius 1 is 0.771 bits per heavy atom. The zero-order chi connectivity index (χ0) is 24.7. The van der Waals surface area contributed by atoms with E-state index in [1.54, 1.807) is 36.5 Å². The number of hydrogen-bond donors (Lipinski definition) is 0. The lowest BCUT2D eigenvalue weighted by atomic mass is 9.96. The number of imide groups is 1. The highest BCUT2D eigenvalue weighted by atomic mass is 19.4. The van der Waals surface area contributed by atoms with Crippen LogP contribution in [0, 0.1) is 6.92 Å². The molecule has 35 heavy (non-hydrogen) atoms. The second-order valence-electron chi connectivity index (χ2n) is 8.42. The fraction of sp³-hybridized carbons (Fsp3) is 0.107. The van der Waals surface area contributed by atoms with E-state index in [4.69, 9.17) is 0 Å². The largest absolute Gasteiger partial charge is 0.416 e. The average Bonchev–Trinajstić information content (AvgIpc) is 3.09. The highest BCUT2D eigenvalue weighted by Gasteiger charge is 2.35. The second kappa shape index (κ2) is 8.51. The van der Waals surface area contributed by atoms with Gasteiger partial charge in [0.15, 0.2) is 0 Å². The van der Waals surface area contributed by atoms with E-state index >= 15 is 0 Å². The molecule has 0 N–H and O–H groups in total. The summed E-state index contributed by atoms with van der Waals surface area (Å²) in [5.74, 6) is -0.770. The van der Waals surface area contributed by atoms with E-state index in [0.29, 0.717) is 33.5 Å². The number of aryl methyl sites for hydroxylation is 1. The summed E-state index contributed by atoms with van der Waals surface area (Å²) in [7, 11) is 0. The van der Waals surface area contributed by atoms with Crippen molar-refractivity contribution < 1.29 is 22.8 Å². The molecular formula is C28H19F3N2O2. The molecule has 2 heterocycles. The Balaban J connectivity index is 1.55. The maximum Gasteiger partial charge on any atom is 0.416 e. The SMILES string of the molecule is Cc1ccc(-c2ncc(CN3C(=O)c4ccccc4C3=O)cc2-c2ccc(C(F)(F)F)cc2)cc1. The van der Waals surface area contributed by atoms with Gasteiger partial charge >= 0.3 is 6.18 Å². The number of pyridine rings is 1. The van der Waals surface area contributed by atoms with Crippen LogP contribution in [0.25, 0.3) is 22.4 Å². The number of alkyl halides is 3. The monoisotopic (exact) mass is 472 g/mol. The number of halogens is 3. The summed E-state index contributed by atoms with van der Waals surface area (Å²) in [6.07, 6.45) is -2.85. The maximum atomic E-state index is 13.1. The number of carbonyl (C=O) groups excluding carboxylic acids is 2. The molecule has 0 saturated heterocycles. The first-order chi connectivity index (χ1) is 16.7. The van der Waals surface area contributed by atoms with Crippen LogP contribution < -0.4 is 0 Å². The van der Waals surface area contributed by atoms with Crippen LogP contribution in [0.1, 0.15) is 37.4 Å². The van der Waals surface area contributed by atoms with Crippen molar-refractivity contribution in [1.82, 2.24) is 9.88 Å². The molecule has 1 aliphatic rings. The van der Waals surface area contributed by atoms with Gasteiger partial charge in [-0.2, -0.15) is 13.2 Å². The lowest BCUT2D eigenvalue weighted by molar-refractivity contribution is -0.137. The third-order valence-corrected chi connectivity index (χ3v) is 6.01. The molecule has 7 heteroatoms. The van der Waals surface area contributed by atoms with Gasteiger partial charge in [-0.3, -0.25) is 19.5 Å². The molecule has 0 unspecified atom stereocenters. The fourth-order valence-corrected chi connectivity index (χ4v) is 4.16. The summed E-state index contributed by atoms with van der Waals surface area (Å²) in [5.41, 5.74) is 4.16. The van der Waals surface area contributed by atoms with Crippen LogP contribution in [0.2, 0.25) is 0 Å². The van der Waals surface area contributed by atoms with Crippen LogP contribution in [0.3, 0.4) is 0 Å². The van der Waals surface area contributed by atoms with Gasteiger partial charge in [0.05, 0.1) is 28.9 Å². The minimum Gasteiger partial charge on any atom is -0.270 e. The molecule has 4 aromatic rings. The number of hydrogen-bond acceptors (Lipinski definition) is 3. The number of fused-ring (bicyclic) bond motifs is 1. The van der Waals surface area contributed by atoms with Gasteiger partial charge in [-0.1, -0.05) is 54.1 Å². The van der Waals surface area contributed by atoms with E-state index in [1.807, 2.05) is 31.2 Å². The first kappa shape index (κ1) is 22.5. The van der Waals surface area contributed by atoms with Crippen molar-refractivity contribution in [3.05, 3.63) is 113 Å². The Bertz CT molecular complexity index is 1410. The molecule has 0 saturated carbocycles. The minimum atomic E-state index is -4.44. The predicted molar refractivity (Wildman–Crippen MR) is 125 cm³/mol. The molecule has 0 fully saturated rings. The first-order valence-electron chi connectivity index (χ1n) is 10.9. The van der Waals surface area contributed by atoms with Crippen molar-refractivity contribution in [2.75, 3.05) is 0 Å². The normalized spacial score (nSPS) is 13.3. The molecule has 0 bridgehead atoms. The highest BCUT2D eigenvalue weighted by molar-refractivity contribution is 6.21. The van der Waals surface area contributed by atoms with Crippen LogP contribution in [0.15, 0.2) is 85.1 Å². The second-order valence-corrected chi connectivity index (χ2v) is 8.42. The van der Waals surface area contributed by atoms with Crippen LogP contribution in [0.5, 0.6) is 0 Å². The first-order valence-corrected chi connectivity index (χ1v) is 10.9. The molecule has 3 aromatic carbocycles. The summed E-state index contributed by atoms with van der Waals surface area (Å²) >= 11 is 0. The van der Waals surface area contributed by atoms with E-state index in [1.165, 1.54) is 12.1 Å². The molecule has 2 amide bonds. The Morgan fingerprint density at radius 3 is 1.91 bits per heavy atom. The van der Waals surface area contributed by atoms with Gasteiger partial charge in [-0.05, 0) is 48.4 Å². The Labute approximate surface area is 199 Å². The topological polar surface area (TPSA) is 50.3 Å². The molecule has 0 atom stereocenters. The fourth-order valence-electron chi connectivity index (χ4n) is 4.16. The Kier molecular flexibility index (Phi) is 5.47. The van der Waals surface area contributed by atoms with Gasteiger partial charge in [-0.15, -0.1) is 0 Å². The standard InChI is InChI=1S/C28H19F3N2O2/c1-17-6-8-20(9-7-17)25-24(19-10-12-21(13-11-19)28(29,30)31)14-18(15-32-25)16-33-26(34)22-4-2-3-5-23(22)27(33)35/h2-15H,16H2,1H3. The molecule has 4 nitrogen and oxygen atoms in total. The van der Waals surface area contributed by atoms with Crippen molar-refractivity contribution in [1.29, 1.82) is 0 Å². The van der Waals surface area contributed by atoms with E-state index in [2.05, 4.69) is 4.98 Å². The van der Waals surface area contributed by atoms with E-state index in [-0.39, 0.29) is 18.4 Å². The molecule has 1 aromatic heterocycles. The minimum absolute atomic E-state index is 0.00115. The maximum absolute atomic E-state index is 13.1. The van der Waals surface area contributed by atoms with Crippen LogP contribution in [-0.4, -0.2) is 21.7 Å². The van der Waals surface area contributed by atoms with E-state index < -0.39 is 11.7 Å². The Hall–Kier alpha value is -4.26. The quantitative estimate of drug-likeness (QED) is 0.317. The number of aromatic nitrogens is 1. The molecule has 0 aliphatic carbocycles. The van der Waals surface area contributed by atoms with Crippen molar-refractivity contribution in [3.63, 3.8) is 0 Å². The third kappa shape index (κ3) is 4.21. The average molecular weight is 472 g/mol. The van der Waals surface area contributed by atoms with Crippen molar-refractivity contribution in [2.45, 2.75) is 19.6 Å².